The number of aryl methyl sites for hydroxylation is 1. The first-order chi connectivity index (χ1) is 21.0. The van der Waals surface area contributed by atoms with Gasteiger partial charge in [-0.25, -0.2) is 0 Å². The molecule has 5 aromatic carbocycles. The highest BCUT2D eigenvalue weighted by molar-refractivity contribution is 5.91. The molecule has 0 heterocycles. The largest absolute Gasteiger partial charge is 0.0842 e. The molecule has 1 spiro atoms. The van der Waals surface area contributed by atoms with Gasteiger partial charge in [0.15, 0.2) is 0 Å². The SMILES string of the molecule is Cc1cccc2c1-c1cc(C3=c4ccccc4=C4C=CCCC4C3)ccc1C21c2ccccc2C(C)(C)c2ccccc21. The smallest absolute Gasteiger partial charge is 0.0719 e. The van der Waals surface area contributed by atoms with Crippen molar-refractivity contribution in [3.05, 3.63) is 176 Å². The average Bonchev–Trinajstić information content (AvgIpc) is 3.35. The normalized spacial score (nSPS) is 19.7. The Morgan fingerprint density at radius 3 is 2.02 bits per heavy atom. The Morgan fingerprint density at radius 1 is 0.628 bits per heavy atom. The fraction of sp³-hybridized carbons (Fsp3) is 0.209. The van der Waals surface area contributed by atoms with Gasteiger partial charge in [-0.1, -0.05) is 129 Å². The Hall–Kier alpha value is -4.42. The van der Waals surface area contributed by atoms with E-state index in [9.17, 15) is 0 Å². The summed E-state index contributed by atoms with van der Waals surface area (Å²) in [6, 6.07) is 42.1. The summed E-state index contributed by atoms with van der Waals surface area (Å²) in [7, 11) is 0. The minimum atomic E-state index is -0.331. The molecule has 43 heavy (non-hydrogen) atoms. The second-order valence-corrected chi connectivity index (χ2v) is 13.6. The zero-order valence-corrected chi connectivity index (χ0v) is 25.2. The van der Waals surface area contributed by atoms with Crippen molar-refractivity contribution in [2.45, 2.75) is 50.9 Å². The second-order valence-electron chi connectivity index (χ2n) is 13.6. The summed E-state index contributed by atoms with van der Waals surface area (Å²) >= 11 is 0. The first kappa shape index (κ1) is 25.1. The topological polar surface area (TPSA) is 0 Å². The highest BCUT2D eigenvalue weighted by Crippen LogP contribution is 2.62. The van der Waals surface area contributed by atoms with Crippen LogP contribution in [0.4, 0.5) is 0 Å². The van der Waals surface area contributed by atoms with Crippen LogP contribution in [0.1, 0.15) is 77.6 Å². The third-order valence-corrected chi connectivity index (χ3v) is 11.2. The molecule has 5 aromatic rings. The van der Waals surface area contributed by atoms with E-state index in [1.165, 1.54) is 90.1 Å². The minimum Gasteiger partial charge on any atom is -0.0842 e. The maximum absolute atomic E-state index is 2.55. The molecule has 0 nitrogen and oxygen atoms in total. The lowest BCUT2D eigenvalue weighted by Gasteiger charge is -2.46. The van der Waals surface area contributed by atoms with Gasteiger partial charge in [0.2, 0.25) is 0 Å². The van der Waals surface area contributed by atoms with E-state index >= 15 is 0 Å². The van der Waals surface area contributed by atoms with Gasteiger partial charge in [-0.05, 0) is 115 Å². The second kappa shape index (κ2) is 8.80. The van der Waals surface area contributed by atoms with Crippen molar-refractivity contribution >= 4 is 11.1 Å². The molecule has 1 unspecified atom stereocenters. The van der Waals surface area contributed by atoms with Crippen LogP contribution in [0.3, 0.4) is 0 Å². The minimum absolute atomic E-state index is 0.0740. The molecule has 0 saturated carbocycles. The summed E-state index contributed by atoms with van der Waals surface area (Å²) in [6.45, 7) is 7.10. The van der Waals surface area contributed by atoms with Crippen LogP contribution in [0.15, 0.2) is 121 Å². The Morgan fingerprint density at radius 2 is 1.28 bits per heavy atom. The molecule has 0 heteroatoms. The fourth-order valence-corrected chi connectivity index (χ4v) is 9.28. The van der Waals surface area contributed by atoms with Crippen molar-refractivity contribution in [3.8, 4) is 11.1 Å². The first-order valence-corrected chi connectivity index (χ1v) is 16.0. The maximum atomic E-state index is 2.55. The standard InChI is InChI=1S/C43H36/c1-27-13-12-22-40-41(27)34-26-29(33-25-28-14-4-5-15-30(28)31-16-6-7-17-32(31)33)23-24-35(34)43(40)38-20-10-8-18-36(38)42(2,3)37-19-9-11-21-39(37)43/h5-13,15-24,26,28H,4,14,25H2,1-3H3. The van der Waals surface area contributed by atoms with Crippen LogP contribution in [0.25, 0.3) is 22.3 Å². The maximum Gasteiger partial charge on any atom is 0.0719 e. The van der Waals surface area contributed by atoms with E-state index in [1.54, 1.807) is 0 Å². The van der Waals surface area contributed by atoms with E-state index in [2.05, 4.69) is 142 Å². The van der Waals surface area contributed by atoms with E-state index in [-0.39, 0.29) is 10.8 Å². The van der Waals surface area contributed by atoms with Crippen molar-refractivity contribution in [2.75, 3.05) is 0 Å². The monoisotopic (exact) mass is 552 g/mol. The first-order valence-electron chi connectivity index (χ1n) is 16.0. The van der Waals surface area contributed by atoms with Crippen molar-refractivity contribution in [3.63, 3.8) is 0 Å². The van der Waals surface area contributed by atoms with Crippen LogP contribution in [0.2, 0.25) is 0 Å². The van der Waals surface area contributed by atoms with Crippen LogP contribution in [0.5, 0.6) is 0 Å². The van der Waals surface area contributed by atoms with E-state index < -0.39 is 0 Å². The summed E-state index contributed by atoms with van der Waals surface area (Å²) < 4.78 is 0. The van der Waals surface area contributed by atoms with Crippen molar-refractivity contribution < 1.29 is 0 Å². The molecule has 0 bridgehead atoms. The lowest BCUT2D eigenvalue weighted by atomic mass is 9.55. The third-order valence-electron chi connectivity index (χ3n) is 11.2. The van der Waals surface area contributed by atoms with Crippen LogP contribution < -0.4 is 10.4 Å². The van der Waals surface area contributed by atoms with Gasteiger partial charge in [-0.15, -0.1) is 0 Å². The summed E-state index contributed by atoms with van der Waals surface area (Å²) in [4.78, 5) is 0. The van der Waals surface area contributed by atoms with Crippen molar-refractivity contribution in [1.82, 2.24) is 0 Å². The predicted octanol–water partition coefficient (Wildman–Crippen LogP) is 8.72. The van der Waals surface area contributed by atoms with Crippen molar-refractivity contribution in [2.24, 2.45) is 5.92 Å². The van der Waals surface area contributed by atoms with Gasteiger partial charge in [0, 0.05) is 5.41 Å². The van der Waals surface area contributed by atoms with Gasteiger partial charge in [0.1, 0.15) is 0 Å². The molecular weight excluding hydrogens is 516 g/mol. The van der Waals surface area contributed by atoms with E-state index in [1.807, 2.05) is 0 Å². The average molecular weight is 553 g/mol. The lowest BCUT2D eigenvalue weighted by Crippen LogP contribution is -2.40. The summed E-state index contributed by atoms with van der Waals surface area (Å²) in [6.07, 6.45) is 8.29. The Bertz CT molecular complexity index is 2100. The summed E-state index contributed by atoms with van der Waals surface area (Å²) in [5, 5.41) is 2.84. The quantitative estimate of drug-likeness (QED) is 0.191. The van der Waals surface area contributed by atoms with Gasteiger partial charge in [-0.2, -0.15) is 0 Å². The molecule has 0 amide bonds. The zero-order valence-electron chi connectivity index (χ0n) is 25.2. The molecule has 0 aliphatic heterocycles. The highest BCUT2D eigenvalue weighted by atomic mass is 14.5. The molecule has 208 valence electrons. The molecule has 4 aliphatic rings. The van der Waals surface area contributed by atoms with Gasteiger partial charge in [-0.3, -0.25) is 0 Å². The molecule has 9 rings (SSSR count). The Labute approximate surface area is 254 Å². The molecule has 1 atom stereocenters. The molecule has 0 aromatic heterocycles. The molecule has 0 saturated heterocycles. The Balaban J connectivity index is 1.39. The Kier molecular flexibility index (Phi) is 5.14. The summed E-state index contributed by atoms with van der Waals surface area (Å²) in [5.41, 5.74) is 16.8. The number of benzene rings is 5. The lowest BCUT2D eigenvalue weighted by molar-refractivity contribution is 0.563. The van der Waals surface area contributed by atoms with E-state index in [0.29, 0.717) is 5.92 Å². The van der Waals surface area contributed by atoms with E-state index in [0.717, 1.165) is 6.42 Å². The van der Waals surface area contributed by atoms with Gasteiger partial charge in [0.25, 0.3) is 0 Å². The molecule has 0 fully saturated rings. The van der Waals surface area contributed by atoms with Crippen LogP contribution in [-0.2, 0) is 10.8 Å². The molecular formula is C43H36. The van der Waals surface area contributed by atoms with Gasteiger partial charge >= 0.3 is 0 Å². The van der Waals surface area contributed by atoms with E-state index in [4.69, 9.17) is 0 Å². The zero-order chi connectivity index (χ0) is 28.9. The number of allylic oxidation sites excluding steroid dienone is 2. The van der Waals surface area contributed by atoms with Crippen LogP contribution in [0, 0.1) is 12.8 Å². The fourth-order valence-electron chi connectivity index (χ4n) is 9.28. The van der Waals surface area contributed by atoms with Crippen LogP contribution in [-0.4, -0.2) is 0 Å². The number of hydrogen-bond acceptors (Lipinski definition) is 0. The molecule has 0 radical (unpaired) electrons. The predicted molar refractivity (Wildman–Crippen MR) is 179 cm³/mol. The van der Waals surface area contributed by atoms with Crippen LogP contribution >= 0.6 is 0 Å². The van der Waals surface area contributed by atoms with Gasteiger partial charge < -0.3 is 0 Å². The third kappa shape index (κ3) is 3.17. The molecule has 4 aliphatic carbocycles. The molecule has 0 N–H and O–H groups in total. The highest BCUT2D eigenvalue weighted by Gasteiger charge is 2.53. The van der Waals surface area contributed by atoms with Crippen molar-refractivity contribution in [1.29, 1.82) is 0 Å². The number of rotatable bonds is 1. The summed E-state index contributed by atoms with van der Waals surface area (Å²) in [5.74, 6) is 0.600. The number of fused-ring (bicyclic) bond motifs is 11. The number of hydrogen-bond donors (Lipinski definition) is 0. The van der Waals surface area contributed by atoms with Gasteiger partial charge in [0.05, 0.1) is 5.41 Å².